The van der Waals surface area contributed by atoms with Crippen molar-refractivity contribution in [3.05, 3.63) is 35.5 Å². The molecule has 0 radical (unpaired) electrons. The van der Waals surface area contributed by atoms with E-state index in [1.165, 1.54) is 11.8 Å². The molecule has 0 saturated heterocycles. The lowest BCUT2D eigenvalue weighted by Gasteiger charge is -2.15. The second-order valence-electron chi connectivity index (χ2n) is 3.35. The molecule has 1 aliphatic carbocycles. The van der Waals surface area contributed by atoms with E-state index in [0.29, 0.717) is 11.9 Å². The van der Waals surface area contributed by atoms with E-state index >= 15 is 0 Å². The molecule has 0 spiro atoms. The summed E-state index contributed by atoms with van der Waals surface area (Å²) in [5.74, 6) is -0.0566. The molecular weight excluding hydrogens is 193 g/mol. The van der Waals surface area contributed by atoms with Crippen molar-refractivity contribution in [1.29, 1.82) is 0 Å². The Balaban J connectivity index is 2.80. The van der Waals surface area contributed by atoms with E-state index in [2.05, 4.69) is 0 Å². The summed E-state index contributed by atoms with van der Waals surface area (Å²) in [6.07, 6.45) is 7.44. The summed E-state index contributed by atoms with van der Waals surface area (Å²) in [6.45, 7) is 1.48. The van der Waals surface area contributed by atoms with Crippen LogP contribution in [-0.4, -0.2) is 35.0 Å². The van der Waals surface area contributed by atoms with Crippen molar-refractivity contribution >= 4 is 13.0 Å². The Morgan fingerprint density at radius 3 is 2.60 bits per heavy atom. The van der Waals surface area contributed by atoms with Gasteiger partial charge in [-0.15, -0.1) is 0 Å². The lowest BCUT2D eigenvalue weighted by molar-refractivity contribution is -0.125. The third-order valence-electron chi connectivity index (χ3n) is 2.28. The third kappa shape index (κ3) is 3.07. The molecule has 80 valence electrons. The van der Waals surface area contributed by atoms with Crippen molar-refractivity contribution < 1.29 is 14.8 Å². The first-order chi connectivity index (χ1) is 7.02. The molecule has 0 aromatic carbocycles. The summed E-state index contributed by atoms with van der Waals surface area (Å²) >= 11 is 0. The van der Waals surface area contributed by atoms with Crippen molar-refractivity contribution in [1.82, 2.24) is 4.90 Å². The number of allylic oxidation sites excluding steroid dienone is 5. The van der Waals surface area contributed by atoms with Gasteiger partial charge < -0.3 is 14.9 Å². The van der Waals surface area contributed by atoms with Crippen LogP contribution >= 0.6 is 0 Å². The largest absolute Gasteiger partial charge is 0.488 e. The zero-order chi connectivity index (χ0) is 11.4. The van der Waals surface area contributed by atoms with Crippen LogP contribution < -0.4 is 0 Å². The first-order valence-corrected chi connectivity index (χ1v) is 4.71. The molecule has 4 nitrogen and oxygen atoms in total. The van der Waals surface area contributed by atoms with E-state index in [4.69, 9.17) is 10.0 Å². The highest BCUT2D eigenvalue weighted by molar-refractivity contribution is 6.51. The smallest absolute Gasteiger partial charge is 0.423 e. The Bertz CT molecular complexity index is 345. The second-order valence-corrected chi connectivity index (χ2v) is 3.35. The van der Waals surface area contributed by atoms with Gasteiger partial charge in [-0.2, -0.15) is 0 Å². The van der Waals surface area contributed by atoms with Crippen molar-refractivity contribution in [3.8, 4) is 0 Å². The Kier molecular flexibility index (Phi) is 3.88. The Labute approximate surface area is 89.4 Å². The van der Waals surface area contributed by atoms with Gasteiger partial charge in [0.25, 0.3) is 0 Å². The zero-order valence-electron chi connectivity index (χ0n) is 8.84. The molecular formula is C10H14BNO3. The molecule has 0 heterocycles. The Hall–Kier alpha value is -1.33. The summed E-state index contributed by atoms with van der Waals surface area (Å²) in [6, 6.07) is 0. The van der Waals surface area contributed by atoms with Gasteiger partial charge in [0.15, 0.2) is 0 Å². The number of likely N-dealkylation sites (N-methyl/N-ethyl adjacent to an activating group) is 1. The molecule has 1 rings (SSSR count). The minimum Gasteiger partial charge on any atom is -0.423 e. The first-order valence-electron chi connectivity index (χ1n) is 4.71. The highest BCUT2D eigenvalue weighted by Gasteiger charge is 2.14. The fourth-order valence-corrected chi connectivity index (χ4v) is 1.26. The van der Waals surface area contributed by atoms with E-state index in [1.807, 2.05) is 6.08 Å². The van der Waals surface area contributed by atoms with Crippen LogP contribution in [0.15, 0.2) is 35.5 Å². The molecule has 5 heteroatoms. The Morgan fingerprint density at radius 2 is 2.07 bits per heavy atom. The number of rotatable bonds is 2. The van der Waals surface area contributed by atoms with E-state index in [-0.39, 0.29) is 5.91 Å². The molecule has 0 bridgehead atoms. The fraction of sp³-hybridized carbons (Fsp3) is 0.300. The third-order valence-corrected chi connectivity index (χ3v) is 2.28. The van der Waals surface area contributed by atoms with Crippen molar-refractivity contribution in [2.45, 2.75) is 13.3 Å². The maximum absolute atomic E-state index is 11.1. The van der Waals surface area contributed by atoms with Gasteiger partial charge in [-0.05, 0) is 18.0 Å². The summed E-state index contributed by atoms with van der Waals surface area (Å²) in [7, 11) is 0.218. The fourth-order valence-electron chi connectivity index (χ4n) is 1.26. The monoisotopic (exact) mass is 207 g/mol. The SMILES string of the molecule is CC(=O)N(C)C1=CCC=C(B(O)O)C=C1. The van der Waals surface area contributed by atoms with Crippen molar-refractivity contribution in [2.75, 3.05) is 7.05 Å². The second kappa shape index (κ2) is 4.95. The van der Waals surface area contributed by atoms with Crippen molar-refractivity contribution in [2.24, 2.45) is 0 Å². The van der Waals surface area contributed by atoms with Gasteiger partial charge in [0.05, 0.1) is 0 Å². The maximum atomic E-state index is 11.1. The molecule has 1 aliphatic rings. The maximum Gasteiger partial charge on any atom is 0.488 e. The van der Waals surface area contributed by atoms with Crippen LogP contribution in [0.1, 0.15) is 13.3 Å². The van der Waals surface area contributed by atoms with Crippen LogP contribution in [0, 0.1) is 0 Å². The lowest BCUT2D eigenvalue weighted by atomic mass is 9.79. The van der Waals surface area contributed by atoms with Crippen LogP contribution in [-0.2, 0) is 4.79 Å². The molecule has 2 N–H and O–H groups in total. The van der Waals surface area contributed by atoms with E-state index in [1.54, 1.807) is 25.3 Å². The van der Waals surface area contributed by atoms with Gasteiger partial charge in [-0.1, -0.05) is 18.2 Å². The topological polar surface area (TPSA) is 60.8 Å². The average molecular weight is 207 g/mol. The summed E-state index contributed by atoms with van der Waals surface area (Å²) in [5.41, 5.74) is 1.20. The van der Waals surface area contributed by atoms with Crippen molar-refractivity contribution in [3.63, 3.8) is 0 Å². The highest BCUT2D eigenvalue weighted by Crippen LogP contribution is 2.13. The number of hydrogen-bond acceptors (Lipinski definition) is 3. The van der Waals surface area contributed by atoms with Gasteiger partial charge in [-0.25, -0.2) is 0 Å². The van der Waals surface area contributed by atoms with Gasteiger partial charge in [0, 0.05) is 19.7 Å². The molecule has 15 heavy (non-hydrogen) atoms. The Morgan fingerprint density at radius 1 is 1.40 bits per heavy atom. The van der Waals surface area contributed by atoms with Gasteiger partial charge in [0.2, 0.25) is 5.91 Å². The van der Waals surface area contributed by atoms with Crippen LogP contribution in [0.2, 0.25) is 0 Å². The minimum absolute atomic E-state index is 0.0566. The van der Waals surface area contributed by atoms with Crippen LogP contribution in [0.5, 0.6) is 0 Å². The predicted molar refractivity (Wildman–Crippen MR) is 58.6 cm³/mol. The molecule has 1 amide bonds. The minimum atomic E-state index is -1.46. The normalized spacial score (nSPS) is 15.2. The molecule has 0 saturated carbocycles. The van der Waals surface area contributed by atoms with E-state index in [0.717, 1.165) is 5.70 Å². The number of carbonyl (C=O) groups is 1. The van der Waals surface area contributed by atoms with E-state index in [9.17, 15) is 4.79 Å². The molecule has 0 aromatic rings. The lowest BCUT2D eigenvalue weighted by Crippen LogP contribution is -2.22. The van der Waals surface area contributed by atoms with E-state index < -0.39 is 7.12 Å². The predicted octanol–water partition coefficient (Wildman–Crippen LogP) is 0.247. The molecule has 0 aliphatic heterocycles. The standard InChI is InChI=1S/C10H14BNO3/c1-8(13)12(2)10-5-3-4-9(6-7-10)11(14)15/h4-7,14-15H,3H2,1-2H3. The molecule has 0 atom stereocenters. The van der Waals surface area contributed by atoms with Crippen LogP contribution in [0.3, 0.4) is 0 Å². The number of carbonyl (C=O) groups excluding carboxylic acids is 1. The number of hydrogen-bond donors (Lipinski definition) is 2. The first kappa shape index (κ1) is 11.7. The molecule has 0 fully saturated rings. The summed E-state index contributed by atoms with van der Waals surface area (Å²) in [4.78, 5) is 12.6. The van der Waals surface area contributed by atoms with Gasteiger partial charge in [-0.3, -0.25) is 4.79 Å². The number of nitrogens with zero attached hydrogens (tertiary/aromatic N) is 1. The summed E-state index contributed by atoms with van der Waals surface area (Å²) < 4.78 is 0. The van der Waals surface area contributed by atoms with Crippen LogP contribution in [0.4, 0.5) is 0 Å². The summed E-state index contributed by atoms with van der Waals surface area (Å²) in [5, 5.41) is 17.9. The highest BCUT2D eigenvalue weighted by atomic mass is 16.4. The van der Waals surface area contributed by atoms with Crippen LogP contribution in [0.25, 0.3) is 0 Å². The molecule has 0 unspecified atom stereocenters. The van der Waals surface area contributed by atoms with Gasteiger partial charge >= 0.3 is 7.12 Å². The average Bonchev–Trinajstić information content (AvgIpc) is 2.41. The quantitative estimate of drug-likeness (QED) is 0.638. The zero-order valence-corrected chi connectivity index (χ0v) is 8.84. The van der Waals surface area contributed by atoms with Gasteiger partial charge in [0.1, 0.15) is 0 Å². The number of amides is 1. The molecule has 0 aromatic heterocycles.